The summed E-state index contributed by atoms with van der Waals surface area (Å²) in [5.41, 5.74) is -5.41. The first-order chi connectivity index (χ1) is 33.2. The van der Waals surface area contributed by atoms with Gasteiger partial charge in [-0.2, -0.15) is 26.3 Å². The quantitative estimate of drug-likeness (QED) is 0.100. The maximum Gasteiger partial charge on any atom is 0.411 e. The summed E-state index contributed by atoms with van der Waals surface area (Å²) in [5, 5.41) is 0. The number of rotatable bonds is 10. The highest BCUT2D eigenvalue weighted by molar-refractivity contribution is 6.35. The third-order valence-electron chi connectivity index (χ3n) is 12.3. The third-order valence-corrected chi connectivity index (χ3v) is 12.3. The largest absolute Gasteiger partial charge is 0.411 e. The highest BCUT2D eigenvalue weighted by Gasteiger charge is 2.73. The Labute approximate surface area is 390 Å². The fourth-order valence-electron chi connectivity index (χ4n) is 9.10. The van der Waals surface area contributed by atoms with E-state index in [4.69, 9.17) is 0 Å². The molecule has 0 aromatic heterocycles. The number of para-hydroxylation sites is 4. The van der Waals surface area contributed by atoms with Gasteiger partial charge in [-0.25, -0.2) is 9.80 Å². The Morgan fingerprint density at radius 2 is 0.565 bits per heavy atom. The standard InChI is InChI=1S/C55H34F6N4O4/c56-54(57,58)53(55(59,60)61,35-21-31-45-47(33-35)51(68)64(49(45)66)43-27-23-41(24-28-43)62(37-13-5-1-6-14-37)38-15-7-2-8-16-38)36-22-32-46-48(34-36)52(69)65(50(46)67)44-29-25-42(26-30-44)63(39-17-9-3-10-18-39)40-19-11-4-12-20-40/h1-34H. The summed E-state index contributed by atoms with van der Waals surface area (Å²) in [6.07, 6.45) is -12.3. The second kappa shape index (κ2) is 16.8. The van der Waals surface area contributed by atoms with E-state index in [1.54, 1.807) is 24.3 Å². The van der Waals surface area contributed by atoms with Gasteiger partial charge in [-0.1, -0.05) is 84.9 Å². The van der Waals surface area contributed by atoms with E-state index < -0.39 is 74.8 Å². The SMILES string of the molecule is O=C1c2ccc(C(c3ccc4c(c3)C(=O)N(c3ccc(N(c5ccccc5)c5ccccc5)cc3)C4=O)(C(F)(F)F)C(F)(F)F)cc2C(=O)N1c1ccc(N(c2ccccc2)c2ccccc2)cc1. The van der Waals surface area contributed by atoms with Crippen molar-refractivity contribution in [1.29, 1.82) is 0 Å². The van der Waals surface area contributed by atoms with Gasteiger partial charge in [-0.05, 0) is 132 Å². The van der Waals surface area contributed by atoms with Crippen molar-refractivity contribution >= 4 is 69.1 Å². The van der Waals surface area contributed by atoms with E-state index in [0.29, 0.717) is 45.4 Å². The number of carbonyl (C=O) groups excluding carboxylic acids is 4. The van der Waals surface area contributed by atoms with Crippen LogP contribution in [0.2, 0.25) is 0 Å². The minimum atomic E-state index is -6.14. The van der Waals surface area contributed by atoms with Crippen molar-refractivity contribution in [1.82, 2.24) is 0 Å². The molecule has 14 heteroatoms. The van der Waals surface area contributed by atoms with Crippen molar-refractivity contribution in [2.75, 3.05) is 19.6 Å². The lowest BCUT2D eigenvalue weighted by Gasteiger charge is -2.38. The van der Waals surface area contributed by atoms with Gasteiger partial charge in [0.2, 0.25) is 5.41 Å². The Kier molecular flexibility index (Phi) is 10.7. The average Bonchev–Trinajstić information content (AvgIpc) is 3.75. The second-order valence-corrected chi connectivity index (χ2v) is 16.2. The van der Waals surface area contributed by atoms with Gasteiger partial charge in [-0.3, -0.25) is 19.2 Å². The van der Waals surface area contributed by atoms with Gasteiger partial charge >= 0.3 is 12.4 Å². The summed E-state index contributed by atoms with van der Waals surface area (Å²) in [4.78, 5) is 60.9. The molecule has 10 rings (SSSR count). The highest BCUT2D eigenvalue weighted by Crippen LogP contribution is 2.57. The predicted molar refractivity (Wildman–Crippen MR) is 250 cm³/mol. The number of imide groups is 2. The molecule has 2 aliphatic rings. The zero-order chi connectivity index (χ0) is 48.2. The topological polar surface area (TPSA) is 81.2 Å². The van der Waals surface area contributed by atoms with Crippen LogP contribution < -0.4 is 19.6 Å². The number of nitrogens with zero attached hydrogens (tertiary/aromatic N) is 4. The number of anilines is 8. The van der Waals surface area contributed by atoms with Crippen LogP contribution >= 0.6 is 0 Å². The first-order valence-corrected chi connectivity index (χ1v) is 21.4. The Morgan fingerprint density at radius 3 is 0.841 bits per heavy atom. The maximum absolute atomic E-state index is 15.6. The maximum atomic E-state index is 15.6. The molecular formula is C55H34F6N4O4. The second-order valence-electron chi connectivity index (χ2n) is 16.2. The Bertz CT molecular complexity index is 2980. The molecule has 0 aliphatic carbocycles. The molecule has 0 radical (unpaired) electrons. The monoisotopic (exact) mass is 928 g/mol. The van der Waals surface area contributed by atoms with Gasteiger partial charge in [0, 0.05) is 34.1 Å². The van der Waals surface area contributed by atoms with Crippen LogP contribution in [0.15, 0.2) is 206 Å². The number of alkyl halides is 6. The van der Waals surface area contributed by atoms with Crippen LogP contribution in [-0.2, 0) is 5.41 Å². The minimum Gasteiger partial charge on any atom is -0.311 e. The zero-order valence-electron chi connectivity index (χ0n) is 35.8. The predicted octanol–water partition coefficient (Wildman–Crippen LogP) is 13.6. The van der Waals surface area contributed by atoms with Crippen LogP contribution in [0.1, 0.15) is 52.6 Å². The van der Waals surface area contributed by atoms with Crippen LogP contribution in [0.3, 0.4) is 0 Å². The summed E-state index contributed by atoms with van der Waals surface area (Å²) in [7, 11) is 0. The van der Waals surface area contributed by atoms with E-state index in [1.165, 1.54) is 24.3 Å². The number of benzene rings is 8. The van der Waals surface area contributed by atoms with Crippen LogP contribution in [0.4, 0.5) is 71.8 Å². The van der Waals surface area contributed by atoms with Crippen molar-refractivity contribution in [2.45, 2.75) is 17.8 Å². The lowest BCUT2D eigenvalue weighted by molar-refractivity contribution is -0.288. The molecule has 8 aromatic carbocycles. The number of hydrogen-bond acceptors (Lipinski definition) is 6. The Hall–Kier alpha value is -8.78. The van der Waals surface area contributed by atoms with E-state index >= 15 is 26.3 Å². The van der Waals surface area contributed by atoms with E-state index in [9.17, 15) is 19.2 Å². The smallest absolute Gasteiger partial charge is 0.311 e. The molecule has 2 aliphatic heterocycles. The van der Waals surface area contributed by atoms with E-state index in [-0.39, 0.29) is 11.4 Å². The number of amides is 4. The zero-order valence-corrected chi connectivity index (χ0v) is 35.8. The Morgan fingerprint density at radius 1 is 0.304 bits per heavy atom. The molecule has 0 spiro atoms. The summed E-state index contributed by atoms with van der Waals surface area (Å²) in [5.74, 6) is -4.19. The normalized spacial score (nSPS) is 13.7. The molecule has 0 unspecified atom stereocenters. The average molecular weight is 929 g/mol. The van der Waals surface area contributed by atoms with Crippen molar-refractivity contribution in [2.24, 2.45) is 0 Å². The van der Waals surface area contributed by atoms with Crippen molar-refractivity contribution < 1.29 is 45.5 Å². The lowest BCUT2D eigenvalue weighted by atomic mass is 9.71. The molecule has 0 saturated heterocycles. The molecular weight excluding hydrogens is 895 g/mol. The van der Waals surface area contributed by atoms with Gasteiger partial charge < -0.3 is 9.80 Å². The van der Waals surface area contributed by atoms with Crippen LogP contribution in [0.5, 0.6) is 0 Å². The minimum absolute atomic E-state index is 0.0243. The van der Waals surface area contributed by atoms with Crippen LogP contribution in [0, 0.1) is 0 Å². The summed E-state index contributed by atoms with van der Waals surface area (Å²) >= 11 is 0. The molecule has 0 fully saturated rings. The molecule has 0 N–H and O–H groups in total. The molecule has 8 nitrogen and oxygen atoms in total. The lowest BCUT2D eigenvalue weighted by Crippen LogP contribution is -2.55. The molecule has 69 heavy (non-hydrogen) atoms. The van der Waals surface area contributed by atoms with Gasteiger partial charge in [0.05, 0.1) is 33.6 Å². The Balaban J connectivity index is 0.980. The van der Waals surface area contributed by atoms with Gasteiger partial charge in [0.15, 0.2) is 0 Å². The van der Waals surface area contributed by atoms with Crippen LogP contribution in [-0.4, -0.2) is 36.0 Å². The highest BCUT2D eigenvalue weighted by atomic mass is 19.4. The van der Waals surface area contributed by atoms with Crippen LogP contribution in [0.25, 0.3) is 0 Å². The first-order valence-electron chi connectivity index (χ1n) is 21.4. The van der Waals surface area contributed by atoms with Gasteiger partial charge in [0.25, 0.3) is 23.6 Å². The van der Waals surface area contributed by atoms with Gasteiger partial charge in [-0.15, -0.1) is 0 Å². The summed E-state index contributed by atoms with van der Waals surface area (Å²) in [6.45, 7) is 0. The molecule has 8 aromatic rings. The van der Waals surface area contributed by atoms with Crippen molar-refractivity contribution in [3.63, 3.8) is 0 Å². The number of fused-ring (bicyclic) bond motifs is 2. The first kappa shape index (κ1) is 44.1. The molecule has 0 atom stereocenters. The number of hydrogen-bond donors (Lipinski definition) is 0. The molecule has 2 heterocycles. The third kappa shape index (κ3) is 7.28. The van der Waals surface area contributed by atoms with E-state index in [2.05, 4.69) is 0 Å². The van der Waals surface area contributed by atoms with Gasteiger partial charge in [0.1, 0.15) is 0 Å². The summed E-state index contributed by atoms with van der Waals surface area (Å²) in [6, 6.07) is 53.0. The fourth-order valence-corrected chi connectivity index (χ4v) is 9.10. The van der Waals surface area contributed by atoms with Crippen molar-refractivity contribution in [3.8, 4) is 0 Å². The van der Waals surface area contributed by atoms with Crippen molar-refractivity contribution in [3.05, 3.63) is 240 Å². The summed E-state index contributed by atoms with van der Waals surface area (Å²) < 4.78 is 93.7. The number of halogens is 6. The van der Waals surface area contributed by atoms with E-state index in [1.807, 2.05) is 131 Å². The number of carbonyl (C=O) groups is 4. The molecule has 4 amide bonds. The molecule has 0 bridgehead atoms. The molecule has 0 saturated carbocycles. The fraction of sp³-hybridized carbons (Fsp3) is 0.0545. The van der Waals surface area contributed by atoms with E-state index in [0.717, 1.165) is 34.9 Å². The molecule has 340 valence electrons.